The lowest BCUT2D eigenvalue weighted by Gasteiger charge is -2.33. The van der Waals surface area contributed by atoms with Gasteiger partial charge in [0.15, 0.2) is 0 Å². The molecule has 0 radical (unpaired) electrons. The van der Waals surface area contributed by atoms with E-state index in [2.05, 4.69) is 22.8 Å². The Bertz CT molecular complexity index is 366. The van der Waals surface area contributed by atoms with Crippen molar-refractivity contribution in [3.63, 3.8) is 0 Å². The van der Waals surface area contributed by atoms with Crippen LogP contribution < -0.4 is 10.6 Å². The molecule has 2 rings (SSSR count). The fourth-order valence-corrected chi connectivity index (χ4v) is 2.11. The average Bonchev–Trinajstić information content (AvgIpc) is 2.40. The molecular formula is C13H19N3O. The normalized spacial score (nSPS) is 20.1. The third kappa shape index (κ3) is 2.97. The lowest BCUT2D eigenvalue weighted by Crippen LogP contribution is -2.51. The zero-order valence-corrected chi connectivity index (χ0v) is 10.1. The van der Waals surface area contributed by atoms with E-state index < -0.39 is 0 Å². The number of nitrogens with one attached hydrogen (secondary N) is 2. The predicted molar refractivity (Wildman–Crippen MR) is 67.8 cm³/mol. The number of carbonyl (C=O) groups is 1. The standard InChI is InChI=1S/C13H19N3O/c1-2-14-13(17)16-9-8-15-12(10-16)11-6-4-3-5-7-11/h3-7,12,15H,2,8-10H2,1H3,(H,14,17)/t12-/m0/s1. The minimum Gasteiger partial charge on any atom is -0.338 e. The van der Waals surface area contributed by atoms with Crippen molar-refractivity contribution in [2.75, 3.05) is 26.2 Å². The van der Waals surface area contributed by atoms with E-state index in [1.54, 1.807) is 0 Å². The van der Waals surface area contributed by atoms with E-state index in [1.165, 1.54) is 5.56 Å². The zero-order valence-electron chi connectivity index (χ0n) is 10.1. The number of amides is 2. The first-order chi connectivity index (χ1) is 8.31. The second-order valence-corrected chi connectivity index (χ2v) is 4.20. The molecule has 1 atom stereocenters. The van der Waals surface area contributed by atoms with E-state index in [4.69, 9.17) is 0 Å². The van der Waals surface area contributed by atoms with Crippen LogP contribution in [-0.4, -0.2) is 37.1 Å². The predicted octanol–water partition coefficient (Wildman–Crippen LogP) is 1.36. The van der Waals surface area contributed by atoms with Gasteiger partial charge >= 0.3 is 6.03 Å². The summed E-state index contributed by atoms with van der Waals surface area (Å²) in [5.74, 6) is 0. The first-order valence-corrected chi connectivity index (χ1v) is 6.12. The SMILES string of the molecule is CCNC(=O)N1CCN[C@H](c2ccccc2)C1. The maximum Gasteiger partial charge on any atom is 0.317 e. The van der Waals surface area contributed by atoms with Crippen LogP contribution in [0.2, 0.25) is 0 Å². The van der Waals surface area contributed by atoms with E-state index in [0.717, 1.165) is 19.6 Å². The molecule has 4 heteroatoms. The summed E-state index contributed by atoms with van der Waals surface area (Å²) >= 11 is 0. The second-order valence-electron chi connectivity index (χ2n) is 4.20. The van der Waals surface area contributed by atoms with Gasteiger partial charge in [-0.15, -0.1) is 0 Å². The van der Waals surface area contributed by atoms with Crippen LogP contribution in [0.25, 0.3) is 0 Å². The van der Waals surface area contributed by atoms with Crippen molar-refractivity contribution in [1.82, 2.24) is 15.5 Å². The molecule has 0 saturated carbocycles. The quantitative estimate of drug-likeness (QED) is 0.810. The van der Waals surface area contributed by atoms with Gasteiger partial charge in [0.1, 0.15) is 0 Å². The Morgan fingerprint density at radius 2 is 2.24 bits per heavy atom. The fourth-order valence-electron chi connectivity index (χ4n) is 2.11. The third-order valence-electron chi connectivity index (χ3n) is 2.99. The maximum absolute atomic E-state index is 11.8. The van der Waals surface area contributed by atoms with Gasteiger partial charge in [0.05, 0.1) is 6.04 Å². The van der Waals surface area contributed by atoms with Crippen molar-refractivity contribution in [2.45, 2.75) is 13.0 Å². The number of hydrogen-bond acceptors (Lipinski definition) is 2. The Morgan fingerprint density at radius 3 is 2.94 bits per heavy atom. The summed E-state index contributed by atoms with van der Waals surface area (Å²) in [7, 11) is 0. The molecule has 2 amide bonds. The summed E-state index contributed by atoms with van der Waals surface area (Å²) in [5.41, 5.74) is 1.24. The molecule has 0 unspecified atom stereocenters. The van der Waals surface area contributed by atoms with Crippen molar-refractivity contribution in [1.29, 1.82) is 0 Å². The van der Waals surface area contributed by atoms with Gasteiger partial charge in [-0.05, 0) is 12.5 Å². The highest BCUT2D eigenvalue weighted by Crippen LogP contribution is 2.16. The summed E-state index contributed by atoms with van der Waals surface area (Å²) in [6.45, 7) is 4.97. The number of rotatable bonds is 2. The molecule has 4 nitrogen and oxygen atoms in total. The first-order valence-electron chi connectivity index (χ1n) is 6.12. The second kappa shape index (κ2) is 5.68. The minimum atomic E-state index is 0.0370. The van der Waals surface area contributed by atoms with Crippen LogP contribution >= 0.6 is 0 Å². The van der Waals surface area contributed by atoms with Crippen LogP contribution in [0.5, 0.6) is 0 Å². The highest BCUT2D eigenvalue weighted by atomic mass is 16.2. The number of urea groups is 1. The molecule has 17 heavy (non-hydrogen) atoms. The Labute approximate surface area is 102 Å². The Hall–Kier alpha value is -1.55. The lowest BCUT2D eigenvalue weighted by molar-refractivity contribution is 0.177. The first kappa shape index (κ1) is 11.9. The van der Waals surface area contributed by atoms with Crippen molar-refractivity contribution in [3.8, 4) is 0 Å². The summed E-state index contributed by atoms with van der Waals surface area (Å²) in [6, 6.07) is 10.5. The van der Waals surface area contributed by atoms with Gasteiger partial charge in [-0.3, -0.25) is 0 Å². The molecule has 1 fully saturated rings. The van der Waals surface area contributed by atoms with E-state index in [9.17, 15) is 4.79 Å². The van der Waals surface area contributed by atoms with Crippen LogP contribution in [-0.2, 0) is 0 Å². The molecule has 1 heterocycles. The van der Waals surface area contributed by atoms with Gasteiger partial charge in [-0.1, -0.05) is 30.3 Å². The molecule has 1 aliphatic heterocycles. The van der Waals surface area contributed by atoms with Gasteiger partial charge < -0.3 is 15.5 Å². The van der Waals surface area contributed by atoms with Crippen molar-refractivity contribution in [2.24, 2.45) is 0 Å². The Balaban J connectivity index is 2.00. The molecule has 92 valence electrons. The number of benzene rings is 1. The largest absolute Gasteiger partial charge is 0.338 e. The zero-order chi connectivity index (χ0) is 12.1. The number of piperazine rings is 1. The lowest BCUT2D eigenvalue weighted by atomic mass is 10.1. The Kier molecular flexibility index (Phi) is 3.98. The molecular weight excluding hydrogens is 214 g/mol. The molecule has 0 aliphatic carbocycles. The summed E-state index contributed by atoms with van der Waals surface area (Å²) in [4.78, 5) is 13.6. The van der Waals surface area contributed by atoms with E-state index in [1.807, 2.05) is 30.0 Å². The smallest absolute Gasteiger partial charge is 0.317 e. The third-order valence-corrected chi connectivity index (χ3v) is 2.99. The van der Waals surface area contributed by atoms with Crippen LogP contribution in [0, 0.1) is 0 Å². The summed E-state index contributed by atoms with van der Waals surface area (Å²) < 4.78 is 0. The van der Waals surface area contributed by atoms with E-state index in [-0.39, 0.29) is 12.1 Å². The molecule has 1 saturated heterocycles. The highest BCUT2D eigenvalue weighted by molar-refractivity contribution is 5.74. The van der Waals surface area contributed by atoms with Crippen molar-refractivity contribution in [3.05, 3.63) is 35.9 Å². The number of hydrogen-bond donors (Lipinski definition) is 2. The monoisotopic (exact) mass is 233 g/mol. The van der Waals surface area contributed by atoms with Gasteiger partial charge in [0, 0.05) is 26.2 Å². The summed E-state index contributed by atoms with van der Waals surface area (Å²) in [6.07, 6.45) is 0. The van der Waals surface area contributed by atoms with Gasteiger partial charge in [-0.25, -0.2) is 4.79 Å². The summed E-state index contributed by atoms with van der Waals surface area (Å²) in [5, 5.41) is 6.29. The van der Waals surface area contributed by atoms with E-state index >= 15 is 0 Å². The average molecular weight is 233 g/mol. The molecule has 0 bridgehead atoms. The molecule has 0 spiro atoms. The van der Waals surface area contributed by atoms with Gasteiger partial charge in [0.2, 0.25) is 0 Å². The van der Waals surface area contributed by atoms with Gasteiger partial charge in [0.25, 0.3) is 0 Å². The molecule has 1 aliphatic rings. The Morgan fingerprint density at radius 1 is 1.47 bits per heavy atom. The number of carbonyl (C=O) groups excluding carboxylic acids is 1. The van der Waals surface area contributed by atoms with Crippen LogP contribution in [0.15, 0.2) is 30.3 Å². The molecule has 2 N–H and O–H groups in total. The minimum absolute atomic E-state index is 0.0370. The molecule has 1 aromatic rings. The van der Waals surface area contributed by atoms with E-state index in [0.29, 0.717) is 6.54 Å². The topological polar surface area (TPSA) is 44.4 Å². The van der Waals surface area contributed by atoms with Crippen LogP contribution in [0.3, 0.4) is 0 Å². The highest BCUT2D eigenvalue weighted by Gasteiger charge is 2.23. The van der Waals surface area contributed by atoms with Crippen LogP contribution in [0.1, 0.15) is 18.5 Å². The molecule has 0 aromatic heterocycles. The maximum atomic E-state index is 11.8. The van der Waals surface area contributed by atoms with Crippen molar-refractivity contribution < 1.29 is 4.79 Å². The number of nitrogens with zero attached hydrogens (tertiary/aromatic N) is 1. The van der Waals surface area contributed by atoms with Crippen LogP contribution in [0.4, 0.5) is 4.79 Å². The van der Waals surface area contributed by atoms with Gasteiger partial charge in [-0.2, -0.15) is 0 Å². The van der Waals surface area contributed by atoms with Crippen molar-refractivity contribution >= 4 is 6.03 Å². The fraction of sp³-hybridized carbons (Fsp3) is 0.462. The molecule has 1 aromatic carbocycles.